The molecule has 3 aromatic carbocycles. The minimum Gasteiger partial charge on any atom is -0.494 e. The quantitative estimate of drug-likeness (QED) is 0.279. The topological polar surface area (TPSA) is 114 Å². The molecule has 11 heteroatoms. The van der Waals surface area contributed by atoms with Gasteiger partial charge < -0.3 is 24.4 Å². The molecule has 2 amide bonds. The Hall–Kier alpha value is -4.25. The molecule has 0 saturated heterocycles. The highest BCUT2D eigenvalue weighted by Crippen LogP contribution is 2.33. The third-order valence-electron chi connectivity index (χ3n) is 6.57. The number of benzene rings is 3. The van der Waals surface area contributed by atoms with Crippen LogP contribution < -0.4 is 23.8 Å². The number of nitrogens with one attached hydrogen (secondary N) is 1. The SMILES string of the molecule is CCCNC(=O)[C@H](C)N(Cc1ccccc1)C(=O)CN(c1ccc(OCC)cc1)S(=O)(=O)c1ccc(OC)c(OC)c1. The van der Waals surface area contributed by atoms with Gasteiger partial charge in [0.2, 0.25) is 11.8 Å². The second-order valence-corrected chi connectivity index (χ2v) is 11.3. The van der Waals surface area contributed by atoms with Crippen LogP contribution >= 0.6 is 0 Å². The Kier molecular flexibility index (Phi) is 11.6. The van der Waals surface area contributed by atoms with Gasteiger partial charge in [-0.25, -0.2) is 8.42 Å². The summed E-state index contributed by atoms with van der Waals surface area (Å²) in [6, 6.07) is 19.1. The summed E-state index contributed by atoms with van der Waals surface area (Å²) in [5.74, 6) is 0.278. The van der Waals surface area contributed by atoms with Crippen LogP contribution in [0.4, 0.5) is 5.69 Å². The molecule has 10 nitrogen and oxygen atoms in total. The fourth-order valence-corrected chi connectivity index (χ4v) is 5.70. The van der Waals surface area contributed by atoms with Crippen LogP contribution in [0.1, 0.15) is 32.8 Å². The first-order chi connectivity index (χ1) is 20.2. The molecule has 0 unspecified atom stereocenters. The number of rotatable bonds is 15. The predicted molar refractivity (Wildman–Crippen MR) is 161 cm³/mol. The molecule has 226 valence electrons. The van der Waals surface area contributed by atoms with Gasteiger partial charge in [0, 0.05) is 19.2 Å². The highest BCUT2D eigenvalue weighted by atomic mass is 32.2. The number of carbonyl (C=O) groups is 2. The monoisotopic (exact) mass is 597 g/mol. The van der Waals surface area contributed by atoms with Gasteiger partial charge >= 0.3 is 0 Å². The van der Waals surface area contributed by atoms with Crippen LogP contribution in [0.3, 0.4) is 0 Å². The average molecular weight is 598 g/mol. The van der Waals surface area contributed by atoms with E-state index in [4.69, 9.17) is 14.2 Å². The van der Waals surface area contributed by atoms with Gasteiger partial charge in [0.1, 0.15) is 18.3 Å². The fraction of sp³-hybridized carbons (Fsp3) is 0.355. The minimum absolute atomic E-state index is 0.0924. The maximum atomic E-state index is 14.1. The first-order valence-corrected chi connectivity index (χ1v) is 15.2. The molecule has 1 N–H and O–H groups in total. The van der Waals surface area contributed by atoms with E-state index < -0.39 is 28.5 Å². The summed E-state index contributed by atoms with van der Waals surface area (Å²) in [6.45, 7) is 5.89. The van der Waals surface area contributed by atoms with Gasteiger partial charge in [-0.05, 0) is 62.2 Å². The Morgan fingerprint density at radius 2 is 1.57 bits per heavy atom. The van der Waals surface area contributed by atoms with Gasteiger partial charge in [0.05, 0.1) is 31.4 Å². The van der Waals surface area contributed by atoms with Crippen LogP contribution in [0.25, 0.3) is 0 Å². The molecular weight excluding hydrogens is 558 g/mol. The van der Waals surface area contributed by atoms with Gasteiger partial charge in [-0.1, -0.05) is 37.3 Å². The van der Waals surface area contributed by atoms with E-state index in [0.29, 0.717) is 24.7 Å². The number of methoxy groups -OCH3 is 2. The Labute approximate surface area is 248 Å². The highest BCUT2D eigenvalue weighted by molar-refractivity contribution is 7.92. The molecule has 0 heterocycles. The Morgan fingerprint density at radius 3 is 2.17 bits per heavy atom. The summed E-state index contributed by atoms with van der Waals surface area (Å²) in [6.07, 6.45) is 0.736. The molecule has 0 bridgehead atoms. The molecule has 42 heavy (non-hydrogen) atoms. The Morgan fingerprint density at radius 1 is 0.905 bits per heavy atom. The Bertz CT molecular complexity index is 1430. The van der Waals surface area contributed by atoms with Crippen LogP contribution in [-0.2, 0) is 26.2 Å². The highest BCUT2D eigenvalue weighted by Gasteiger charge is 2.33. The van der Waals surface area contributed by atoms with Crippen molar-refractivity contribution >= 4 is 27.5 Å². The van der Waals surface area contributed by atoms with Crippen LogP contribution in [0.15, 0.2) is 77.7 Å². The number of carbonyl (C=O) groups excluding carboxylic acids is 2. The number of nitrogens with zero attached hydrogens (tertiary/aromatic N) is 2. The zero-order valence-electron chi connectivity index (χ0n) is 24.7. The summed E-state index contributed by atoms with van der Waals surface area (Å²) in [4.78, 5) is 28.3. The van der Waals surface area contributed by atoms with Crippen LogP contribution in [-0.4, -0.2) is 65.1 Å². The molecule has 0 fully saturated rings. The standard InChI is InChI=1S/C31H39N3O7S/c1-6-19-32-31(36)23(3)33(21-24-11-9-8-10-12-24)30(35)22-34(25-13-15-26(16-14-25)41-7-2)42(37,38)27-17-18-28(39-4)29(20-27)40-5/h8-18,20,23H,6-7,19,21-22H2,1-5H3,(H,32,36)/t23-/m0/s1. The van der Waals surface area contributed by atoms with Crippen LogP contribution in [0.2, 0.25) is 0 Å². The normalized spacial score (nSPS) is 11.7. The van der Waals surface area contributed by atoms with Crippen LogP contribution in [0, 0.1) is 0 Å². The zero-order valence-corrected chi connectivity index (χ0v) is 25.5. The van der Waals surface area contributed by atoms with Gasteiger partial charge in [-0.3, -0.25) is 13.9 Å². The summed E-state index contributed by atoms with van der Waals surface area (Å²) in [7, 11) is -1.42. The van der Waals surface area contributed by atoms with E-state index in [1.165, 1.54) is 37.3 Å². The first-order valence-electron chi connectivity index (χ1n) is 13.7. The number of hydrogen-bond donors (Lipinski definition) is 1. The number of hydrogen-bond acceptors (Lipinski definition) is 7. The largest absolute Gasteiger partial charge is 0.494 e. The van der Waals surface area contributed by atoms with Gasteiger partial charge in [0.25, 0.3) is 10.0 Å². The van der Waals surface area contributed by atoms with E-state index in [1.54, 1.807) is 31.2 Å². The first kappa shape index (κ1) is 32.3. The molecule has 1 atom stereocenters. The maximum absolute atomic E-state index is 14.1. The van der Waals surface area contributed by atoms with Crippen molar-refractivity contribution in [2.45, 2.75) is 44.7 Å². The Balaban J connectivity index is 2.06. The van der Waals surface area contributed by atoms with Crippen molar-refractivity contribution < 1.29 is 32.2 Å². The lowest BCUT2D eigenvalue weighted by Gasteiger charge is -2.32. The summed E-state index contributed by atoms with van der Waals surface area (Å²) < 4.78 is 45.4. The molecule has 0 aliphatic carbocycles. The lowest BCUT2D eigenvalue weighted by molar-refractivity contribution is -0.139. The van der Waals surface area contributed by atoms with Crippen molar-refractivity contribution in [1.82, 2.24) is 10.2 Å². The second-order valence-electron chi connectivity index (χ2n) is 9.43. The van der Waals surface area contributed by atoms with Crippen molar-refractivity contribution in [3.8, 4) is 17.2 Å². The lowest BCUT2D eigenvalue weighted by Crippen LogP contribution is -2.51. The smallest absolute Gasteiger partial charge is 0.264 e. The van der Waals surface area contributed by atoms with E-state index in [1.807, 2.05) is 44.2 Å². The van der Waals surface area contributed by atoms with Crippen molar-refractivity contribution in [3.63, 3.8) is 0 Å². The molecule has 3 aromatic rings. The number of ether oxygens (including phenoxy) is 3. The van der Waals surface area contributed by atoms with E-state index in [2.05, 4.69) is 5.32 Å². The van der Waals surface area contributed by atoms with Crippen molar-refractivity contribution in [2.24, 2.45) is 0 Å². The van der Waals surface area contributed by atoms with Gasteiger partial charge in [0.15, 0.2) is 11.5 Å². The second kappa shape index (κ2) is 15.1. The molecular formula is C31H39N3O7S. The molecule has 0 spiro atoms. The van der Waals surface area contributed by atoms with Gasteiger partial charge in [-0.2, -0.15) is 0 Å². The van der Waals surface area contributed by atoms with Crippen LogP contribution in [0.5, 0.6) is 17.2 Å². The van der Waals surface area contributed by atoms with Crippen molar-refractivity contribution in [1.29, 1.82) is 0 Å². The maximum Gasteiger partial charge on any atom is 0.264 e. The van der Waals surface area contributed by atoms with Gasteiger partial charge in [-0.15, -0.1) is 0 Å². The third-order valence-corrected chi connectivity index (χ3v) is 8.34. The van der Waals surface area contributed by atoms with Crippen molar-refractivity contribution in [3.05, 3.63) is 78.4 Å². The third kappa shape index (κ3) is 7.94. The summed E-state index contributed by atoms with van der Waals surface area (Å²) >= 11 is 0. The van der Waals surface area contributed by atoms with E-state index in [0.717, 1.165) is 16.3 Å². The molecule has 0 saturated carbocycles. The predicted octanol–water partition coefficient (Wildman–Crippen LogP) is 4.24. The molecule has 0 radical (unpaired) electrons. The summed E-state index contributed by atoms with van der Waals surface area (Å²) in [5, 5.41) is 2.83. The van der Waals surface area contributed by atoms with E-state index in [-0.39, 0.29) is 28.8 Å². The average Bonchev–Trinajstić information content (AvgIpc) is 3.01. The summed E-state index contributed by atoms with van der Waals surface area (Å²) in [5.41, 5.74) is 1.06. The van der Waals surface area contributed by atoms with E-state index >= 15 is 0 Å². The number of sulfonamides is 1. The number of amides is 2. The fourth-order valence-electron chi connectivity index (χ4n) is 4.27. The minimum atomic E-state index is -4.29. The molecule has 0 aliphatic heterocycles. The molecule has 0 aliphatic rings. The van der Waals surface area contributed by atoms with Crippen molar-refractivity contribution in [2.75, 3.05) is 38.2 Å². The zero-order chi connectivity index (χ0) is 30.7. The number of anilines is 1. The molecule has 3 rings (SSSR count). The van der Waals surface area contributed by atoms with E-state index in [9.17, 15) is 18.0 Å². The lowest BCUT2D eigenvalue weighted by atomic mass is 10.1. The molecule has 0 aromatic heterocycles.